The van der Waals surface area contributed by atoms with Crippen LogP contribution in [-0.4, -0.2) is 25.4 Å². The van der Waals surface area contributed by atoms with Crippen LogP contribution in [0.1, 0.15) is 6.92 Å². The Morgan fingerprint density at radius 2 is 1.79 bits per heavy atom. The molecule has 0 aliphatic heterocycles. The normalized spacial score (nSPS) is 11.1. The number of carbonyl (C=O) groups is 1. The van der Waals surface area contributed by atoms with E-state index in [-0.39, 0.29) is 5.91 Å². The Labute approximate surface area is 190 Å². The molecule has 0 saturated carbocycles. The minimum Gasteiger partial charge on any atom is -0.383 e. The molecular formula is C26H22N6O. The number of rotatable bonds is 4. The third kappa shape index (κ3) is 3.49. The lowest BCUT2D eigenvalue weighted by Crippen LogP contribution is -2.11. The van der Waals surface area contributed by atoms with Crippen LogP contribution in [0.2, 0.25) is 0 Å². The first kappa shape index (κ1) is 20.4. The molecular weight excluding hydrogens is 412 g/mol. The molecule has 3 N–H and O–H groups in total. The molecule has 33 heavy (non-hydrogen) atoms. The third-order valence-electron chi connectivity index (χ3n) is 5.69. The van der Waals surface area contributed by atoms with E-state index in [1.807, 2.05) is 60.1 Å². The van der Waals surface area contributed by atoms with Crippen molar-refractivity contribution in [3.8, 4) is 22.4 Å². The number of pyridine rings is 1. The fraction of sp³-hybridized carbons (Fsp3) is 0.0769. The van der Waals surface area contributed by atoms with Gasteiger partial charge in [-0.1, -0.05) is 30.8 Å². The van der Waals surface area contributed by atoms with Crippen molar-refractivity contribution < 1.29 is 4.79 Å². The number of benzene rings is 2. The molecule has 0 spiro atoms. The maximum atomic E-state index is 12.0. The van der Waals surface area contributed by atoms with Crippen LogP contribution in [0.5, 0.6) is 0 Å². The highest BCUT2D eigenvalue weighted by molar-refractivity contribution is 6.09. The van der Waals surface area contributed by atoms with E-state index < -0.39 is 0 Å². The average Bonchev–Trinajstić information content (AvgIpc) is 3.13. The van der Waals surface area contributed by atoms with Gasteiger partial charge >= 0.3 is 0 Å². The standard InChI is InChI=1S/C26H22N6O/c1-15(2)26(33)31-19-9-6-16(7-10-19)23-21(22-24(27)29-14-30-25(22)32(23)3)18-8-11-20-17(13-18)5-4-12-28-20/h4-14H,1H2,2-3H3,(H,31,33)(H2,27,29,30). The highest BCUT2D eigenvalue weighted by Gasteiger charge is 2.22. The van der Waals surface area contributed by atoms with Crippen molar-refractivity contribution in [2.24, 2.45) is 7.05 Å². The van der Waals surface area contributed by atoms with Gasteiger partial charge in [0.25, 0.3) is 5.91 Å². The number of fused-ring (bicyclic) bond motifs is 2. The second kappa shape index (κ2) is 7.87. The van der Waals surface area contributed by atoms with Crippen LogP contribution >= 0.6 is 0 Å². The molecule has 7 nitrogen and oxygen atoms in total. The number of amides is 1. The molecule has 0 fully saturated rings. The molecule has 0 bridgehead atoms. The Morgan fingerprint density at radius 3 is 2.55 bits per heavy atom. The summed E-state index contributed by atoms with van der Waals surface area (Å²) in [5.41, 5.74) is 13.0. The predicted octanol–water partition coefficient (Wildman–Crippen LogP) is 4.95. The van der Waals surface area contributed by atoms with E-state index in [9.17, 15) is 4.79 Å². The molecule has 7 heteroatoms. The number of hydrogen-bond donors (Lipinski definition) is 2. The van der Waals surface area contributed by atoms with Gasteiger partial charge in [-0.05, 0) is 48.4 Å². The van der Waals surface area contributed by atoms with Crippen LogP contribution in [0.25, 0.3) is 44.3 Å². The summed E-state index contributed by atoms with van der Waals surface area (Å²) < 4.78 is 2.03. The topological polar surface area (TPSA) is 98.7 Å². The van der Waals surface area contributed by atoms with Crippen molar-refractivity contribution in [2.75, 3.05) is 11.1 Å². The molecule has 3 heterocycles. The number of nitrogen functional groups attached to an aromatic ring is 1. The zero-order valence-electron chi connectivity index (χ0n) is 18.3. The highest BCUT2D eigenvalue weighted by atomic mass is 16.1. The molecule has 0 aliphatic carbocycles. The van der Waals surface area contributed by atoms with Gasteiger partial charge in [0.15, 0.2) is 0 Å². The lowest BCUT2D eigenvalue weighted by Gasteiger charge is -2.11. The van der Waals surface area contributed by atoms with Gasteiger partial charge in [-0.15, -0.1) is 0 Å². The van der Waals surface area contributed by atoms with Gasteiger partial charge in [0.1, 0.15) is 17.8 Å². The summed E-state index contributed by atoms with van der Waals surface area (Å²) in [4.78, 5) is 25.2. The van der Waals surface area contributed by atoms with E-state index in [0.717, 1.165) is 44.3 Å². The summed E-state index contributed by atoms with van der Waals surface area (Å²) in [6.45, 7) is 5.36. The van der Waals surface area contributed by atoms with Crippen LogP contribution in [0.4, 0.5) is 11.5 Å². The van der Waals surface area contributed by atoms with E-state index in [0.29, 0.717) is 17.1 Å². The number of hydrogen-bond acceptors (Lipinski definition) is 5. The largest absolute Gasteiger partial charge is 0.383 e. The van der Waals surface area contributed by atoms with E-state index in [2.05, 4.69) is 32.9 Å². The van der Waals surface area contributed by atoms with Gasteiger partial charge in [0, 0.05) is 35.5 Å². The first-order valence-corrected chi connectivity index (χ1v) is 10.5. The minimum absolute atomic E-state index is 0.208. The van der Waals surface area contributed by atoms with Gasteiger partial charge in [-0.3, -0.25) is 9.78 Å². The van der Waals surface area contributed by atoms with Crippen molar-refractivity contribution in [3.05, 3.63) is 79.3 Å². The van der Waals surface area contributed by atoms with Crippen LogP contribution in [0.15, 0.2) is 79.3 Å². The molecule has 0 saturated heterocycles. The maximum Gasteiger partial charge on any atom is 0.250 e. The van der Waals surface area contributed by atoms with Crippen LogP contribution in [-0.2, 0) is 11.8 Å². The SMILES string of the molecule is C=C(C)C(=O)Nc1ccc(-c2c(-c3ccc4ncccc4c3)c3c(N)ncnc3n2C)cc1. The Bertz CT molecular complexity index is 1550. The van der Waals surface area contributed by atoms with Crippen LogP contribution in [0.3, 0.4) is 0 Å². The van der Waals surface area contributed by atoms with Gasteiger partial charge in [-0.2, -0.15) is 0 Å². The summed E-state index contributed by atoms with van der Waals surface area (Å²) in [6, 6.07) is 17.8. The first-order valence-electron chi connectivity index (χ1n) is 10.5. The molecule has 1 amide bonds. The molecule has 162 valence electrons. The van der Waals surface area contributed by atoms with Crippen LogP contribution in [0, 0.1) is 0 Å². The summed E-state index contributed by atoms with van der Waals surface area (Å²) in [7, 11) is 1.97. The highest BCUT2D eigenvalue weighted by Crippen LogP contribution is 2.42. The smallest absolute Gasteiger partial charge is 0.250 e. The van der Waals surface area contributed by atoms with Crippen molar-refractivity contribution in [1.82, 2.24) is 19.5 Å². The molecule has 3 aromatic heterocycles. The van der Waals surface area contributed by atoms with E-state index in [4.69, 9.17) is 5.73 Å². The monoisotopic (exact) mass is 434 g/mol. The molecule has 0 aliphatic rings. The lowest BCUT2D eigenvalue weighted by atomic mass is 9.97. The number of aromatic nitrogens is 4. The Morgan fingerprint density at radius 1 is 1.03 bits per heavy atom. The van der Waals surface area contributed by atoms with E-state index in [1.54, 1.807) is 13.1 Å². The van der Waals surface area contributed by atoms with Crippen molar-refractivity contribution in [3.63, 3.8) is 0 Å². The molecule has 0 unspecified atom stereocenters. The molecule has 5 aromatic rings. The number of nitrogens with zero attached hydrogens (tertiary/aromatic N) is 4. The van der Waals surface area contributed by atoms with Crippen molar-refractivity contribution in [2.45, 2.75) is 6.92 Å². The van der Waals surface area contributed by atoms with Gasteiger partial charge in [0.05, 0.1) is 16.6 Å². The number of anilines is 2. The van der Waals surface area contributed by atoms with E-state index in [1.165, 1.54) is 6.33 Å². The van der Waals surface area contributed by atoms with E-state index >= 15 is 0 Å². The quantitative estimate of drug-likeness (QED) is 0.390. The average molecular weight is 435 g/mol. The third-order valence-corrected chi connectivity index (χ3v) is 5.69. The zero-order valence-corrected chi connectivity index (χ0v) is 18.3. The first-order chi connectivity index (χ1) is 15.9. The molecule has 2 aromatic carbocycles. The second-order valence-electron chi connectivity index (χ2n) is 7.96. The lowest BCUT2D eigenvalue weighted by molar-refractivity contribution is -0.112. The summed E-state index contributed by atoms with van der Waals surface area (Å²) in [6.07, 6.45) is 3.26. The van der Waals surface area contributed by atoms with Crippen LogP contribution < -0.4 is 11.1 Å². The number of aryl methyl sites for hydroxylation is 1. The maximum absolute atomic E-state index is 12.0. The number of nitrogens with one attached hydrogen (secondary N) is 1. The van der Waals surface area contributed by atoms with Crippen molar-refractivity contribution >= 4 is 39.3 Å². The predicted molar refractivity (Wildman–Crippen MR) is 133 cm³/mol. The Kier molecular flexibility index (Phi) is 4.86. The number of nitrogens with two attached hydrogens (primary N) is 1. The molecule has 0 atom stereocenters. The Hall–Kier alpha value is -4.52. The fourth-order valence-corrected chi connectivity index (χ4v) is 4.07. The summed E-state index contributed by atoms with van der Waals surface area (Å²) in [5.74, 6) is 0.217. The second-order valence-corrected chi connectivity index (χ2v) is 7.96. The zero-order chi connectivity index (χ0) is 23.1. The Balaban J connectivity index is 1.72. The molecule has 0 radical (unpaired) electrons. The van der Waals surface area contributed by atoms with Crippen molar-refractivity contribution in [1.29, 1.82) is 0 Å². The fourth-order valence-electron chi connectivity index (χ4n) is 4.07. The van der Waals surface area contributed by atoms with Gasteiger partial charge in [0.2, 0.25) is 0 Å². The van der Waals surface area contributed by atoms with Gasteiger partial charge in [-0.25, -0.2) is 9.97 Å². The summed E-state index contributed by atoms with van der Waals surface area (Å²) >= 11 is 0. The van der Waals surface area contributed by atoms with Gasteiger partial charge < -0.3 is 15.6 Å². The minimum atomic E-state index is -0.208. The number of carbonyl (C=O) groups excluding carboxylic acids is 1. The molecule has 5 rings (SSSR count). The summed E-state index contributed by atoms with van der Waals surface area (Å²) in [5, 5.41) is 4.68.